The highest BCUT2D eigenvalue weighted by Crippen LogP contribution is 2.49. The van der Waals surface area contributed by atoms with E-state index in [-0.39, 0.29) is 0 Å². The highest BCUT2D eigenvalue weighted by molar-refractivity contribution is 6.75. The van der Waals surface area contributed by atoms with Crippen LogP contribution in [0, 0.1) is 0 Å². The van der Waals surface area contributed by atoms with Gasteiger partial charge >= 0.3 is 0 Å². The third-order valence-corrected chi connectivity index (χ3v) is 9.64. The highest BCUT2D eigenvalue weighted by atomic mass is 28.4. The van der Waals surface area contributed by atoms with Crippen LogP contribution in [0.15, 0.2) is 0 Å². The summed E-state index contributed by atoms with van der Waals surface area (Å²) < 4.78 is 6.14. The van der Waals surface area contributed by atoms with Crippen LogP contribution in [-0.4, -0.2) is 22.1 Å². The molecule has 0 aromatic carbocycles. The van der Waals surface area contributed by atoms with Crippen molar-refractivity contribution in [1.82, 2.24) is 4.98 Å². The topological polar surface area (TPSA) is 21.3 Å². The fourth-order valence-corrected chi connectivity index (χ4v) is 8.62. The van der Waals surface area contributed by atoms with E-state index in [0.717, 1.165) is 17.6 Å². The van der Waals surface area contributed by atoms with Crippen LogP contribution in [0.1, 0.15) is 65.7 Å². The fourth-order valence-electron chi connectivity index (χ4n) is 3.50. The molecule has 3 unspecified atom stereocenters. The second-order valence-electron chi connectivity index (χ2n) is 5.45. The Labute approximate surface area is 109 Å². The van der Waals surface area contributed by atoms with Crippen molar-refractivity contribution in [3.8, 4) is 0 Å². The van der Waals surface area contributed by atoms with Crippen LogP contribution in [0.25, 0.3) is 0 Å². The molecule has 17 heavy (non-hydrogen) atoms. The first-order chi connectivity index (χ1) is 8.25. The molecule has 0 bridgehead atoms. The van der Waals surface area contributed by atoms with Gasteiger partial charge in [-0.15, -0.1) is 0 Å². The van der Waals surface area contributed by atoms with Crippen LogP contribution >= 0.6 is 0 Å². The second-order valence-corrected chi connectivity index (χ2v) is 9.43. The lowest BCUT2D eigenvalue weighted by molar-refractivity contribution is 0.354. The van der Waals surface area contributed by atoms with Crippen LogP contribution in [0.2, 0.25) is 11.1 Å². The standard InChI is InChI=1S/C14H31NOSi/c1-5-8-9-14-11-10-13(7-3)17(14,16-4)15-12-6-2/h13-15H,5-12H2,1-4H3. The van der Waals surface area contributed by atoms with Crippen LogP contribution in [0.4, 0.5) is 0 Å². The van der Waals surface area contributed by atoms with Crippen molar-refractivity contribution in [1.29, 1.82) is 0 Å². The van der Waals surface area contributed by atoms with E-state index in [1.807, 2.05) is 7.11 Å². The third-order valence-electron chi connectivity index (χ3n) is 4.46. The molecule has 0 aliphatic carbocycles. The van der Waals surface area contributed by atoms with E-state index in [4.69, 9.17) is 4.43 Å². The van der Waals surface area contributed by atoms with Crippen LogP contribution in [0.3, 0.4) is 0 Å². The van der Waals surface area contributed by atoms with Gasteiger partial charge in [0.1, 0.15) is 0 Å². The lowest BCUT2D eigenvalue weighted by Crippen LogP contribution is -2.57. The molecule has 1 heterocycles. The lowest BCUT2D eigenvalue weighted by Gasteiger charge is -2.37. The zero-order valence-corrected chi connectivity index (χ0v) is 13.2. The summed E-state index contributed by atoms with van der Waals surface area (Å²) in [6.07, 6.45) is 9.36. The Morgan fingerprint density at radius 3 is 2.35 bits per heavy atom. The SMILES string of the molecule is CCCCC1CCC(CC)[Si]1(NCCC)OC. The average Bonchev–Trinajstić information content (AvgIpc) is 2.71. The van der Waals surface area contributed by atoms with Crippen molar-refractivity contribution in [2.45, 2.75) is 76.8 Å². The predicted molar refractivity (Wildman–Crippen MR) is 77.6 cm³/mol. The number of hydrogen-bond acceptors (Lipinski definition) is 2. The maximum absolute atomic E-state index is 6.14. The lowest BCUT2D eigenvalue weighted by atomic mass is 10.1. The summed E-state index contributed by atoms with van der Waals surface area (Å²) >= 11 is 0. The van der Waals surface area contributed by atoms with Crippen LogP contribution < -0.4 is 4.98 Å². The predicted octanol–water partition coefficient (Wildman–Crippen LogP) is 4.21. The fraction of sp³-hybridized carbons (Fsp3) is 1.00. The zero-order chi connectivity index (χ0) is 12.7. The van der Waals surface area contributed by atoms with Gasteiger partial charge in [0.25, 0.3) is 8.48 Å². The normalized spacial score (nSPS) is 33.2. The van der Waals surface area contributed by atoms with E-state index < -0.39 is 8.48 Å². The molecule has 3 heteroatoms. The van der Waals surface area contributed by atoms with Gasteiger partial charge in [0.05, 0.1) is 0 Å². The van der Waals surface area contributed by atoms with Gasteiger partial charge in [0, 0.05) is 7.11 Å². The van der Waals surface area contributed by atoms with E-state index in [9.17, 15) is 0 Å². The molecular formula is C14H31NOSi. The molecule has 0 saturated carbocycles. The van der Waals surface area contributed by atoms with E-state index >= 15 is 0 Å². The molecule has 0 aromatic heterocycles. The van der Waals surface area contributed by atoms with Crippen LogP contribution in [0.5, 0.6) is 0 Å². The van der Waals surface area contributed by atoms with Crippen molar-refractivity contribution in [3.63, 3.8) is 0 Å². The van der Waals surface area contributed by atoms with Gasteiger partial charge in [0.2, 0.25) is 0 Å². The average molecular weight is 257 g/mol. The monoisotopic (exact) mass is 257 g/mol. The summed E-state index contributed by atoms with van der Waals surface area (Å²) in [7, 11) is 0.287. The molecule has 1 aliphatic rings. The number of unbranched alkanes of at least 4 members (excludes halogenated alkanes) is 1. The molecule has 2 nitrogen and oxygen atoms in total. The molecule has 0 aromatic rings. The first kappa shape index (κ1) is 15.2. The van der Waals surface area contributed by atoms with E-state index in [1.54, 1.807) is 0 Å². The van der Waals surface area contributed by atoms with Gasteiger partial charge in [0.15, 0.2) is 0 Å². The zero-order valence-electron chi connectivity index (χ0n) is 12.2. The summed E-state index contributed by atoms with van der Waals surface area (Å²) in [6.45, 7) is 8.02. The molecule has 1 fully saturated rings. The van der Waals surface area contributed by atoms with Gasteiger partial charge < -0.3 is 9.41 Å². The number of hydrogen-bond donors (Lipinski definition) is 1. The molecule has 0 spiro atoms. The van der Waals surface area contributed by atoms with Crippen molar-refractivity contribution in [3.05, 3.63) is 0 Å². The summed E-state index contributed by atoms with van der Waals surface area (Å²) in [4.78, 5) is 3.87. The summed E-state index contributed by atoms with van der Waals surface area (Å²) in [6, 6.07) is 0. The number of nitrogens with one attached hydrogen (secondary N) is 1. The Bertz CT molecular complexity index is 212. The Morgan fingerprint density at radius 1 is 1.12 bits per heavy atom. The van der Waals surface area contributed by atoms with Gasteiger partial charge in [-0.2, -0.15) is 0 Å². The second kappa shape index (κ2) is 7.55. The molecule has 0 amide bonds. The quantitative estimate of drug-likeness (QED) is 0.658. The molecule has 1 aliphatic heterocycles. The maximum atomic E-state index is 6.14. The van der Waals surface area contributed by atoms with Crippen LogP contribution in [-0.2, 0) is 4.43 Å². The molecule has 1 N–H and O–H groups in total. The summed E-state index contributed by atoms with van der Waals surface area (Å²) in [5, 5.41) is 0. The van der Waals surface area contributed by atoms with E-state index in [1.165, 1.54) is 44.9 Å². The van der Waals surface area contributed by atoms with E-state index in [2.05, 4.69) is 25.8 Å². The smallest absolute Gasteiger partial charge is 0.274 e. The van der Waals surface area contributed by atoms with Crippen molar-refractivity contribution < 1.29 is 4.43 Å². The Kier molecular flexibility index (Phi) is 6.74. The highest BCUT2D eigenvalue weighted by Gasteiger charge is 2.52. The Morgan fingerprint density at radius 2 is 1.82 bits per heavy atom. The number of rotatable bonds is 8. The summed E-state index contributed by atoms with van der Waals surface area (Å²) in [5.41, 5.74) is 1.69. The van der Waals surface area contributed by atoms with Crippen molar-refractivity contribution in [2.75, 3.05) is 13.7 Å². The Balaban J connectivity index is 2.73. The van der Waals surface area contributed by atoms with Gasteiger partial charge in [-0.25, -0.2) is 0 Å². The molecular weight excluding hydrogens is 226 g/mol. The molecule has 1 rings (SSSR count). The van der Waals surface area contributed by atoms with Gasteiger partial charge in [-0.1, -0.05) is 40.0 Å². The minimum Gasteiger partial charge on any atom is -0.406 e. The van der Waals surface area contributed by atoms with E-state index in [0.29, 0.717) is 0 Å². The first-order valence-corrected chi connectivity index (χ1v) is 9.61. The maximum Gasteiger partial charge on any atom is 0.274 e. The van der Waals surface area contributed by atoms with Gasteiger partial charge in [-0.05, 0) is 43.3 Å². The Hall–Kier alpha value is 0.137. The van der Waals surface area contributed by atoms with Crippen molar-refractivity contribution in [2.24, 2.45) is 0 Å². The van der Waals surface area contributed by atoms with Crippen molar-refractivity contribution >= 4 is 8.48 Å². The van der Waals surface area contributed by atoms with Gasteiger partial charge in [-0.3, -0.25) is 0 Å². The minimum absolute atomic E-state index is 0.834. The largest absolute Gasteiger partial charge is 0.406 e. The third kappa shape index (κ3) is 3.33. The molecule has 0 radical (unpaired) electrons. The molecule has 102 valence electrons. The minimum atomic E-state index is -1.67. The first-order valence-electron chi connectivity index (χ1n) is 7.55. The molecule has 3 atom stereocenters. The molecule has 1 saturated heterocycles. The summed E-state index contributed by atoms with van der Waals surface area (Å²) in [5.74, 6) is 0.